The molecule has 0 bridgehead atoms. The van der Waals surface area contributed by atoms with Crippen LogP contribution in [0.4, 0.5) is 5.69 Å². The Kier molecular flexibility index (Phi) is 5.59. The molecule has 1 aliphatic carbocycles. The number of carbonyl (C=O) groups is 1. The number of aromatic nitrogens is 2. The number of nitrogens with zero attached hydrogens (tertiary/aromatic N) is 3. The Bertz CT molecular complexity index is 1320. The lowest BCUT2D eigenvalue weighted by Gasteiger charge is -2.27. The Balaban J connectivity index is 1.42. The summed E-state index contributed by atoms with van der Waals surface area (Å²) in [7, 11) is 0. The molecule has 2 aliphatic rings. The topological polar surface area (TPSA) is 64.4 Å². The average molecular weight is 468 g/mol. The fraction of sp³-hybridized carbons (Fsp3) is 0.208. The lowest BCUT2D eigenvalue weighted by atomic mass is 10.0. The smallest absolute Gasteiger partial charge is 0.253 e. The normalized spacial score (nSPS) is 15.6. The van der Waals surface area contributed by atoms with E-state index in [0.717, 1.165) is 33.6 Å². The van der Waals surface area contributed by atoms with Gasteiger partial charge in [-0.3, -0.25) is 14.6 Å². The van der Waals surface area contributed by atoms with E-state index in [4.69, 9.17) is 27.9 Å². The first-order valence-corrected chi connectivity index (χ1v) is 11.0. The van der Waals surface area contributed by atoms with E-state index in [9.17, 15) is 9.59 Å². The number of allylic oxidation sites excluding steroid dienone is 1. The van der Waals surface area contributed by atoms with Crippen molar-refractivity contribution < 1.29 is 9.53 Å². The first-order valence-electron chi connectivity index (χ1n) is 10.2. The summed E-state index contributed by atoms with van der Waals surface area (Å²) >= 11 is 12.1. The van der Waals surface area contributed by atoms with Gasteiger partial charge in [-0.05, 0) is 41.0 Å². The molecule has 1 aromatic carbocycles. The fourth-order valence-electron chi connectivity index (χ4n) is 4.04. The molecule has 162 valence electrons. The van der Waals surface area contributed by atoms with E-state index in [-0.39, 0.29) is 18.1 Å². The number of carbonyl (C=O) groups excluding carboxylic acids is 1. The van der Waals surface area contributed by atoms with Gasteiger partial charge in [-0.1, -0.05) is 35.3 Å². The van der Waals surface area contributed by atoms with Crippen LogP contribution in [0.1, 0.15) is 22.4 Å². The van der Waals surface area contributed by atoms with Crippen molar-refractivity contribution in [1.29, 1.82) is 0 Å². The predicted molar refractivity (Wildman–Crippen MR) is 124 cm³/mol. The molecular weight excluding hydrogens is 449 g/mol. The van der Waals surface area contributed by atoms with Crippen molar-refractivity contribution in [2.75, 3.05) is 24.7 Å². The largest absolute Gasteiger partial charge is 0.370 e. The quantitative estimate of drug-likeness (QED) is 0.582. The second-order valence-electron chi connectivity index (χ2n) is 7.74. The number of morpholine rings is 1. The number of amides is 1. The Hall–Kier alpha value is -2.93. The van der Waals surface area contributed by atoms with Crippen LogP contribution in [0.3, 0.4) is 0 Å². The van der Waals surface area contributed by atoms with Gasteiger partial charge in [-0.2, -0.15) is 0 Å². The Morgan fingerprint density at radius 1 is 1.06 bits per heavy atom. The molecule has 1 saturated heterocycles. The highest BCUT2D eigenvalue weighted by molar-refractivity contribution is 6.42. The maximum atomic E-state index is 12.8. The van der Waals surface area contributed by atoms with Crippen molar-refractivity contribution in [2.24, 2.45) is 0 Å². The zero-order valence-corrected chi connectivity index (χ0v) is 18.6. The summed E-state index contributed by atoms with van der Waals surface area (Å²) in [5.74, 6) is -0.0774. The van der Waals surface area contributed by atoms with E-state index in [1.165, 1.54) is 0 Å². The van der Waals surface area contributed by atoms with Gasteiger partial charge in [0.1, 0.15) is 6.61 Å². The SMILES string of the molecule is O=C1COCCN1c1cnc2c(c1)C(c1ccn(Cc3ccc(Cl)c(Cl)c3)c(=O)c1)=CC2. The van der Waals surface area contributed by atoms with Crippen molar-refractivity contribution in [3.63, 3.8) is 0 Å². The number of benzene rings is 1. The van der Waals surface area contributed by atoms with Gasteiger partial charge in [-0.15, -0.1) is 0 Å². The third-order valence-corrected chi connectivity index (χ3v) is 6.43. The van der Waals surface area contributed by atoms with E-state index in [0.29, 0.717) is 36.2 Å². The molecule has 6 nitrogen and oxygen atoms in total. The zero-order chi connectivity index (χ0) is 22.2. The minimum atomic E-state index is -0.115. The molecule has 1 fully saturated rings. The number of pyridine rings is 2. The van der Waals surface area contributed by atoms with Crippen LogP contribution < -0.4 is 10.5 Å². The molecular formula is C24H19Cl2N3O3. The van der Waals surface area contributed by atoms with Crippen LogP contribution >= 0.6 is 23.2 Å². The van der Waals surface area contributed by atoms with Crippen LogP contribution in [0, 0.1) is 0 Å². The average Bonchev–Trinajstić information content (AvgIpc) is 3.21. The summed E-state index contributed by atoms with van der Waals surface area (Å²) in [6.45, 7) is 1.49. The van der Waals surface area contributed by atoms with Crippen molar-refractivity contribution >= 4 is 40.4 Å². The van der Waals surface area contributed by atoms with Crippen LogP contribution in [0.15, 0.2) is 59.7 Å². The summed E-state index contributed by atoms with van der Waals surface area (Å²) in [4.78, 5) is 31.3. The maximum Gasteiger partial charge on any atom is 0.253 e. The van der Waals surface area contributed by atoms with Gasteiger partial charge in [-0.25, -0.2) is 0 Å². The van der Waals surface area contributed by atoms with E-state index in [2.05, 4.69) is 11.1 Å². The molecule has 32 heavy (non-hydrogen) atoms. The van der Waals surface area contributed by atoms with Crippen molar-refractivity contribution in [1.82, 2.24) is 9.55 Å². The van der Waals surface area contributed by atoms with Gasteiger partial charge in [0.15, 0.2) is 0 Å². The highest BCUT2D eigenvalue weighted by Crippen LogP contribution is 2.34. The van der Waals surface area contributed by atoms with Crippen molar-refractivity contribution in [2.45, 2.75) is 13.0 Å². The first-order chi connectivity index (χ1) is 15.5. The number of fused-ring (bicyclic) bond motifs is 1. The van der Waals surface area contributed by atoms with E-state index in [1.54, 1.807) is 40.1 Å². The van der Waals surface area contributed by atoms with E-state index in [1.807, 2.05) is 18.2 Å². The number of anilines is 1. The van der Waals surface area contributed by atoms with E-state index < -0.39 is 0 Å². The minimum Gasteiger partial charge on any atom is -0.370 e. The molecule has 0 atom stereocenters. The van der Waals surface area contributed by atoms with Gasteiger partial charge < -0.3 is 14.2 Å². The third kappa shape index (κ3) is 3.97. The van der Waals surface area contributed by atoms with Crippen molar-refractivity contribution in [3.8, 4) is 0 Å². The van der Waals surface area contributed by atoms with Gasteiger partial charge >= 0.3 is 0 Å². The predicted octanol–water partition coefficient (Wildman–Crippen LogP) is 3.95. The second kappa shape index (κ2) is 8.54. The Labute approximate surface area is 194 Å². The molecule has 1 amide bonds. The second-order valence-corrected chi connectivity index (χ2v) is 8.55. The fourth-order valence-corrected chi connectivity index (χ4v) is 4.36. The molecule has 3 heterocycles. The molecule has 5 rings (SSSR count). The van der Waals surface area contributed by atoms with Crippen molar-refractivity contribution in [3.05, 3.63) is 97.7 Å². The molecule has 2 aromatic heterocycles. The first kappa shape index (κ1) is 20.9. The summed E-state index contributed by atoms with van der Waals surface area (Å²) in [6.07, 6.45) is 6.27. The Morgan fingerprint density at radius 2 is 1.94 bits per heavy atom. The van der Waals surface area contributed by atoms with Crippen LogP contribution in [0.25, 0.3) is 5.57 Å². The van der Waals surface area contributed by atoms with Crippen LogP contribution in [0.2, 0.25) is 10.0 Å². The molecule has 0 unspecified atom stereocenters. The molecule has 0 radical (unpaired) electrons. The maximum absolute atomic E-state index is 12.8. The molecule has 0 saturated carbocycles. The van der Waals surface area contributed by atoms with Gasteiger partial charge in [0.2, 0.25) is 0 Å². The number of rotatable bonds is 4. The van der Waals surface area contributed by atoms with E-state index >= 15 is 0 Å². The minimum absolute atomic E-state index is 0.0774. The highest BCUT2D eigenvalue weighted by atomic mass is 35.5. The van der Waals surface area contributed by atoms with Gasteiger partial charge in [0.25, 0.3) is 11.5 Å². The highest BCUT2D eigenvalue weighted by Gasteiger charge is 2.24. The summed E-state index contributed by atoms with van der Waals surface area (Å²) in [6, 6.07) is 10.9. The summed E-state index contributed by atoms with van der Waals surface area (Å²) in [5.41, 5.74) is 5.19. The van der Waals surface area contributed by atoms with Gasteiger partial charge in [0.05, 0.1) is 40.8 Å². The molecule has 3 aromatic rings. The standard InChI is InChI=1S/C24H19Cl2N3O3/c25-20-3-1-15(9-21(20)26)13-28-6-5-16(10-23(28)30)18-2-4-22-19(18)11-17(12-27-22)29-7-8-32-14-24(29)31/h1-3,5-6,9-12H,4,7-8,13-14H2. The zero-order valence-electron chi connectivity index (χ0n) is 17.1. The van der Waals surface area contributed by atoms with Crippen LogP contribution in [-0.2, 0) is 22.5 Å². The summed E-state index contributed by atoms with van der Waals surface area (Å²) < 4.78 is 6.85. The lowest BCUT2D eigenvalue weighted by Crippen LogP contribution is -2.41. The molecule has 0 N–H and O–H groups in total. The molecule has 1 aliphatic heterocycles. The van der Waals surface area contributed by atoms with Gasteiger partial charge in [0, 0.05) is 30.8 Å². The summed E-state index contributed by atoms with van der Waals surface area (Å²) in [5, 5.41) is 0.945. The monoisotopic (exact) mass is 467 g/mol. The number of hydrogen-bond acceptors (Lipinski definition) is 4. The van der Waals surface area contributed by atoms with Crippen LogP contribution in [-0.4, -0.2) is 35.2 Å². The molecule has 0 spiro atoms. The number of hydrogen-bond donors (Lipinski definition) is 0. The molecule has 8 heteroatoms. The lowest BCUT2D eigenvalue weighted by molar-refractivity contribution is -0.125. The number of halogens is 2. The third-order valence-electron chi connectivity index (χ3n) is 5.69. The number of ether oxygens (including phenoxy) is 1. The Morgan fingerprint density at radius 3 is 2.72 bits per heavy atom. The van der Waals surface area contributed by atoms with Crippen LogP contribution in [0.5, 0.6) is 0 Å².